The number of nitrogens with one attached hydrogen (secondary N) is 1. The number of aliphatic carboxylic acids is 1. The molecule has 0 spiro atoms. The van der Waals surface area contributed by atoms with Crippen molar-refractivity contribution in [2.24, 2.45) is 5.92 Å². The van der Waals surface area contributed by atoms with Crippen LogP contribution in [0.15, 0.2) is 18.3 Å². The maximum atomic E-state index is 12.3. The third-order valence-corrected chi connectivity index (χ3v) is 3.84. The molecule has 7 nitrogen and oxygen atoms in total. The van der Waals surface area contributed by atoms with Gasteiger partial charge in [0.05, 0.1) is 5.56 Å². The van der Waals surface area contributed by atoms with Crippen molar-refractivity contribution in [3.63, 3.8) is 0 Å². The quantitative estimate of drug-likeness (QED) is 0.856. The third kappa shape index (κ3) is 3.81. The normalized spacial score (nSPS) is 15.4. The number of aromatic nitrogens is 1. The summed E-state index contributed by atoms with van der Waals surface area (Å²) in [5, 5.41) is 11.3. The number of hydrogen-bond acceptors (Lipinski definition) is 4. The fourth-order valence-corrected chi connectivity index (χ4v) is 2.55. The van der Waals surface area contributed by atoms with Gasteiger partial charge >= 0.3 is 5.97 Å². The van der Waals surface area contributed by atoms with Gasteiger partial charge in [-0.3, -0.25) is 19.4 Å². The van der Waals surface area contributed by atoms with E-state index in [1.54, 1.807) is 11.0 Å². The van der Waals surface area contributed by atoms with Crippen molar-refractivity contribution >= 4 is 17.8 Å². The van der Waals surface area contributed by atoms with E-state index in [9.17, 15) is 14.4 Å². The lowest BCUT2D eigenvalue weighted by Crippen LogP contribution is -2.39. The Balaban J connectivity index is 1.95. The van der Waals surface area contributed by atoms with E-state index in [1.807, 2.05) is 0 Å². The van der Waals surface area contributed by atoms with Crippen LogP contribution >= 0.6 is 0 Å². The molecule has 1 aliphatic rings. The predicted octanol–water partition coefficient (Wildman–Crippen LogP) is 0.768. The summed E-state index contributed by atoms with van der Waals surface area (Å²) in [6.45, 7) is 1.10. The zero-order chi connectivity index (χ0) is 16.1. The van der Waals surface area contributed by atoms with Crippen molar-refractivity contribution < 1.29 is 19.5 Å². The van der Waals surface area contributed by atoms with Crippen LogP contribution in [-0.2, 0) is 4.79 Å². The van der Waals surface area contributed by atoms with Crippen molar-refractivity contribution in [2.45, 2.75) is 19.3 Å². The van der Waals surface area contributed by atoms with Gasteiger partial charge in [0.15, 0.2) is 0 Å². The van der Waals surface area contributed by atoms with Crippen LogP contribution in [0, 0.1) is 5.92 Å². The molecule has 118 valence electrons. The summed E-state index contributed by atoms with van der Waals surface area (Å²) in [4.78, 5) is 40.1. The Labute approximate surface area is 128 Å². The molecule has 22 heavy (non-hydrogen) atoms. The van der Waals surface area contributed by atoms with Crippen molar-refractivity contribution in [3.8, 4) is 0 Å². The molecule has 0 bridgehead atoms. The number of pyridine rings is 1. The Morgan fingerprint density at radius 2 is 2.00 bits per heavy atom. The number of carbonyl (C=O) groups excluding carboxylic acids is 2. The van der Waals surface area contributed by atoms with Crippen molar-refractivity contribution in [1.82, 2.24) is 15.2 Å². The van der Waals surface area contributed by atoms with Crippen molar-refractivity contribution in [1.29, 1.82) is 0 Å². The number of rotatable bonds is 4. The van der Waals surface area contributed by atoms with Gasteiger partial charge < -0.3 is 15.3 Å². The van der Waals surface area contributed by atoms with Crippen LogP contribution in [0.2, 0.25) is 0 Å². The van der Waals surface area contributed by atoms with Crippen molar-refractivity contribution in [2.75, 3.05) is 20.1 Å². The molecule has 0 unspecified atom stereocenters. The van der Waals surface area contributed by atoms with Gasteiger partial charge in [-0.1, -0.05) is 0 Å². The number of carboxylic acid groups (broad SMARTS) is 1. The van der Waals surface area contributed by atoms with Crippen LogP contribution in [0.4, 0.5) is 0 Å². The number of nitrogens with zero attached hydrogens (tertiary/aromatic N) is 2. The number of carboxylic acids is 1. The van der Waals surface area contributed by atoms with E-state index in [4.69, 9.17) is 5.11 Å². The topological polar surface area (TPSA) is 99.6 Å². The summed E-state index contributed by atoms with van der Waals surface area (Å²) < 4.78 is 0. The molecule has 2 rings (SSSR count). The van der Waals surface area contributed by atoms with E-state index in [1.165, 1.54) is 19.3 Å². The molecule has 1 aliphatic heterocycles. The standard InChI is InChI=1S/C15H19N3O4/c1-16-14(21)12-3-2-11(9-17-12)15(22)18-6-4-10(5-7-18)8-13(19)20/h2-3,9-10H,4-8H2,1H3,(H,16,21)(H,19,20). The molecule has 1 aromatic rings. The third-order valence-electron chi connectivity index (χ3n) is 3.84. The van der Waals surface area contributed by atoms with Gasteiger partial charge in [0.25, 0.3) is 11.8 Å². The highest BCUT2D eigenvalue weighted by Crippen LogP contribution is 2.21. The average Bonchev–Trinajstić information content (AvgIpc) is 2.54. The largest absolute Gasteiger partial charge is 0.481 e. The van der Waals surface area contributed by atoms with E-state index in [0.717, 1.165) is 0 Å². The molecule has 0 aliphatic carbocycles. The van der Waals surface area contributed by atoms with E-state index < -0.39 is 5.97 Å². The monoisotopic (exact) mass is 305 g/mol. The predicted molar refractivity (Wildman–Crippen MR) is 78.5 cm³/mol. The first kappa shape index (κ1) is 15.9. The molecule has 0 atom stereocenters. The Morgan fingerprint density at radius 3 is 2.50 bits per heavy atom. The van der Waals surface area contributed by atoms with E-state index in [2.05, 4.69) is 10.3 Å². The summed E-state index contributed by atoms with van der Waals surface area (Å²) in [5.74, 6) is -1.09. The van der Waals surface area contributed by atoms with Crippen LogP contribution < -0.4 is 5.32 Å². The number of hydrogen-bond donors (Lipinski definition) is 2. The number of carbonyl (C=O) groups is 3. The first-order valence-corrected chi connectivity index (χ1v) is 7.20. The molecule has 0 aromatic carbocycles. The summed E-state index contributed by atoms with van der Waals surface area (Å²) in [5.41, 5.74) is 0.698. The van der Waals surface area contributed by atoms with Crippen LogP contribution in [0.3, 0.4) is 0 Å². The number of amides is 2. The lowest BCUT2D eigenvalue weighted by molar-refractivity contribution is -0.138. The zero-order valence-electron chi connectivity index (χ0n) is 12.4. The minimum absolute atomic E-state index is 0.135. The molecule has 1 fully saturated rings. The molecular weight excluding hydrogens is 286 g/mol. The summed E-state index contributed by atoms with van der Waals surface area (Å²) >= 11 is 0. The van der Waals surface area contributed by atoms with Gasteiger partial charge in [0, 0.05) is 32.8 Å². The zero-order valence-corrected chi connectivity index (χ0v) is 12.4. The van der Waals surface area contributed by atoms with Gasteiger partial charge in [-0.2, -0.15) is 0 Å². The van der Waals surface area contributed by atoms with E-state index in [0.29, 0.717) is 31.5 Å². The summed E-state index contributed by atoms with van der Waals surface area (Å²) in [6.07, 6.45) is 2.95. The molecule has 2 heterocycles. The lowest BCUT2D eigenvalue weighted by atomic mass is 9.93. The van der Waals surface area contributed by atoms with Crippen LogP contribution in [0.1, 0.15) is 40.1 Å². The minimum atomic E-state index is -0.793. The van der Waals surface area contributed by atoms with Gasteiger partial charge in [-0.25, -0.2) is 0 Å². The fourth-order valence-electron chi connectivity index (χ4n) is 2.55. The van der Waals surface area contributed by atoms with E-state index in [-0.39, 0.29) is 29.8 Å². The van der Waals surface area contributed by atoms with Gasteiger partial charge in [-0.05, 0) is 30.9 Å². The molecule has 0 saturated carbocycles. The first-order valence-electron chi connectivity index (χ1n) is 7.20. The Bertz CT molecular complexity index is 563. The maximum absolute atomic E-state index is 12.3. The molecule has 0 radical (unpaired) electrons. The van der Waals surface area contributed by atoms with Crippen LogP contribution in [0.25, 0.3) is 0 Å². The minimum Gasteiger partial charge on any atom is -0.481 e. The second-order valence-corrected chi connectivity index (χ2v) is 5.34. The highest BCUT2D eigenvalue weighted by Gasteiger charge is 2.25. The second kappa shape index (κ2) is 7.02. The van der Waals surface area contributed by atoms with Crippen LogP contribution in [0.5, 0.6) is 0 Å². The van der Waals surface area contributed by atoms with Gasteiger partial charge in [0.1, 0.15) is 5.69 Å². The van der Waals surface area contributed by atoms with Gasteiger partial charge in [0.2, 0.25) is 0 Å². The SMILES string of the molecule is CNC(=O)c1ccc(C(=O)N2CCC(CC(=O)O)CC2)cn1. The summed E-state index contributed by atoms with van der Waals surface area (Å²) in [7, 11) is 1.52. The lowest BCUT2D eigenvalue weighted by Gasteiger charge is -2.31. The van der Waals surface area contributed by atoms with Crippen LogP contribution in [-0.4, -0.2) is 52.9 Å². The Kier molecular flexibility index (Phi) is 5.08. The average molecular weight is 305 g/mol. The first-order chi connectivity index (χ1) is 10.5. The molecule has 2 N–H and O–H groups in total. The number of likely N-dealkylation sites (tertiary alicyclic amines) is 1. The smallest absolute Gasteiger partial charge is 0.303 e. The maximum Gasteiger partial charge on any atom is 0.303 e. The number of piperidine rings is 1. The fraction of sp³-hybridized carbons (Fsp3) is 0.467. The highest BCUT2D eigenvalue weighted by atomic mass is 16.4. The van der Waals surface area contributed by atoms with Gasteiger partial charge in [-0.15, -0.1) is 0 Å². The highest BCUT2D eigenvalue weighted by molar-refractivity contribution is 5.96. The summed E-state index contributed by atoms with van der Waals surface area (Å²) in [6, 6.07) is 3.10. The molecule has 1 aromatic heterocycles. The molecule has 2 amide bonds. The second-order valence-electron chi connectivity index (χ2n) is 5.34. The molecular formula is C15H19N3O4. The Morgan fingerprint density at radius 1 is 1.32 bits per heavy atom. The molecule has 7 heteroatoms. The molecule has 1 saturated heterocycles. The Hall–Kier alpha value is -2.44. The van der Waals surface area contributed by atoms with E-state index >= 15 is 0 Å². The van der Waals surface area contributed by atoms with Crippen molar-refractivity contribution in [3.05, 3.63) is 29.6 Å².